The van der Waals surface area contributed by atoms with E-state index in [2.05, 4.69) is 11.1 Å². The summed E-state index contributed by atoms with van der Waals surface area (Å²) in [5.41, 5.74) is 1.09. The van der Waals surface area contributed by atoms with Crippen molar-refractivity contribution in [3.63, 3.8) is 0 Å². The smallest absolute Gasteiger partial charge is 0.327 e. The number of hydrogen-bond donors (Lipinski definition) is 1. The van der Waals surface area contributed by atoms with Gasteiger partial charge in [-0.15, -0.1) is 12.4 Å². The summed E-state index contributed by atoms with van der Waals surface area (Å²) in [5.74, 6) is -0.927. The van der Waals surface area contributed by atoms with Gasteiger partial charge in [0.2, 0.25) is 0 Å². The molecule has 0 aliphatic heterocycles. The summed E-state index contributed by atoms with van der Waals surface area (Å²) in [6.07, 6.45) is 2.92. The Morgan fingerprint density at radius 1 is 1.30 bits per heavy atom. The Balaban J connectivity index is 0.00000320. The molecule has 2 aromatic heterocycles. The van der Waals surface area contributed by atoms with Gasteiger partial charge in [-0.2, -0.15) is 5.26 Å². The lowest BCUT2D eigenvalue weighted by Crippen LogP contribution is -2.31. The van der Waals surface area contributed by atoms with Crippen molar-refractivity contribution in [2.45, 2.75) is 12.5 Å². The molecule has 0 fully saturated rings. The van der Waals surface area contributed by atoms with Crippen LogP contribution in [0.15, 0.2) is 59.7 Å². The van der Waals surface area contributed by atoms with Crippen LogP contribution in [0.5, 0.6) is 5.75 Å². The van der Waals surface area contributed by atoms with Gasteiger partial charge in [-0.1, -0.05) is 17.7 Å². The van der Waals surface area contributed by atoms with Crippen molar-refractivity contribution >= 4 is 30.0 Å². The monoisotopic (exact) mass is 445 g/mol. The highest BCUT2D eigenvalue weighted by atomic mass is 35.5. The van der Waals surface area contributed by atoms with Crippen LogP contribution in [0.1, 0.15) is 17.3 Å². The van der Waals surface area contributed by atoms with E-state index in [9.17, 15) is 20.0 Å². The summed E-state index contributed by atoms with van der Waals surface area (Å²) >= 11 is 6.05. The Morgan fingerprint density at radius 2 is 2.07 bits per heavy atom. The molecule has 2 heterocycles. The molecule has 154 valence electrons. The molecule has 9 heteroatoms. The van der Waals surface area contributed by atoms with Crippen molar-refractivity contribution < 1.29 is 14.6 Å². The molecule has 7 nitrogen and oxygen atoms in total. The highest BCUT2D eigenvalue weighted by Gasteiger charge is 2.24. The zero-order chi connectivity index (χ0) is 21.0. The minimum absolute atomic E-state index is 0. The molecular formula is C21H17Cl2N3O4. The molecule has 0 bridgehead atoms. The number of benzene rings is 1. The number of carboxylic acids is 1. The number of halogens is 2. The highest BCUT2D eigenvalue weighted by Crippen LogP contribution is 2.33. The van der Waals surface area contributed by atoms with Gasteiger partial charge in [0.1, 0.15) is 11.8 Å². The van der Waals surface area contributed by atoms with Crippen molar-refractivity contribution in [2.75, 3.05) is 7.11 Å². The molecule has 0 radical (unpaired) electrons. The third-order valence-electron chi connectivity index (χ3n) is 4.41. The summed E-state index contributed by atoms with van der Waals surface area (Å²) in [7, 11) is 1.40. The van der Waals surface area contributed by atoms with E-state index in [1.807, 2.05) is 0 Å². The Labute approximate surface area is 183 Å². The van der Waals surface area contributed by atoms with Gasteiger partial charge in [-0.25, -0.2) is 4.79 Å². The Bertz CT molecular complexity index is 1160. The van der Waals surface area contributed by atoms with Crippen LogP contribution in [-0.2, 0) is 11.2 Å². The van der Waals surface area contributed by atoms with Crippen LogP contribution in [-0.4, -0.2) is 27.7 Å². The third-order valence-corrected chi connectivity index (χ3v) is 4.64. The molecule has 0 aliphatic rings. The minimum atomic E-state index is -1.17. The topological polar surface area (TPSA) is 105 Å². The van der Waals surface area contributed by atoms with Gasteiger partial charge in [0.25, 0.3) is 5.56 Å². The molecule has 1 N–H and O–H groups in total. The van der Waals surface area contributed by atoms with Crippen molar-refractivity contribution in [2.24, 2.45) is 0 Å². The second-order valence-corrected chi connectivity index (χ2v) is 6.62. The van der Waals surface area contributed by atoms with Gasteiger partial charge in [-0.05, 0) is 30.3 Å². The van der Waals surface area contributed by atoms with Gasteiger partial charge in [-0.3, -0.25) is 14.3 Å². The first-order valence-corrected chi connectivity index (χ1v) is 8.95. The fourth-order valence-electron chi connectivity index (χ4n) is 3.00. The molecule has 0 saturated heterocycles. The number of carboxylic acid groups (broad SMARTS) is 1. The molecule has 1 atom stereocenters. The van der Waals surface area contributed by atoms with Crippen LogP contribution in [0.25, 0.3) is 11.1 Å². The lowest BCUT2D eigenvalue weighted by molar-refractivity contribution is -0.141. The second-order valence-electron chi connectivity index (χ2n) is 6.18. The van der Waals surface area contributed by atoms with Gasteiger partial charge < -0.3 is 9.84 Å². The van der Waals surface area contributed by atoms with Gasteiger partial charge in [0.15, 0.2) is 0 Å². The van der Waals surface area contributed by atoms with Crippen molar-refractivity contribution in [3.05, 3.63) is 81.5 Å². The predicted octanol–water partition coefficient (Wildman–Crippen LogP) is 3.73. The average Bonchev–Trinajstić information content (AvgIpc) is 2.72. The number of aromatic nitrogens is 2. The number of rotatable bonds is 6. The maximum Gasteiger partial charge on any atom is 0.327 e. The van der Waals surface area contributed by atoms with E-state index in [1.165, 1.54) is 19.4 Å². The normalized spacial score (nSPS) is 11.1. The fourth-order valence-corrected chi connectivity index (χ4v) is 3.18. The van der Waals surface area contributed by atoms with E-state index in [0.29, 0.717) is 27.4 Å². The molecular weight excluding hydrogens is 429 g/mol. The molecule has 0 amide bonds. The SMILES string of the molecule is COc1cn(C(Cc2ccccn2)C(=O)O)c(=O)cc1-c1cc(Cl)ccc1C#N.Cl. The molecule has 1 unspecified atom stereocenters. The standard InChI is InChI=1S/C21H16ClN3O4.ClH/c1-29-19-12-25(18(21(27)28)9-15-4-2-3-7-24-15)20(26)10-17(19)16-8-14(22)6-5-13(16)11-23;/h2-8,10,12,18H,9H2,1H3,(H,27,28);1H. The molecule has 0 aliphatic carbocycles. The zero-order valence-corrected chi connectivity index (χ0v) is 17.4. The maximum atomic E-state index is 12.8. The third kappa shape index (κ3) is 4.79. The van der Waals surface area contributed by atoms with Crippen LogP contribution < -0.4 is 10.3 Å². The van der Waals surface area contributed by atoms with Crippen LogP contribution in [0.2, 0.25) is 5.02 Å². The van der Waals surface area contributed by atoms with E-state index in [1.54, 1.807) is 42.6 Å². The average molecular weight is 446 g/mol. The zero-order valence-electron chi connectivity index (χ0n) is 15.8. The summed E-state index contributed by atoms with van der Waals surface area (Å²) in [6, 6.07) is 12.0. The summed E-state index contributed by atoms with van der Waals surface area (Å²) < 4.78 is 6.49. The van der Waals surface area contributed by atoms with E-state index in [-0.39, 0.29) is 24.6 Å². The second kappa shape index (κ2) is 9.92. The van der Waals surface area contributed by atoms with Gasteiger partial charge in [0, 0.05) is 40.5 Å². The van der Waals surface area contributed by atoms with Gasteiger partial charge >= 0.3 is 5.97 Å². The quantitative estimate of drug-likeness (QED) is 0.619. The van der Waals surface area contributed by atoms with E-state index in [0.717, 1.165) is 4.57 Å². The molecule has 0 spiro atoms. The Kier molecular flexibility index (Phi) is 7.59. The van der Waals surface area contributed by atoms with Crippen molar-refractivity contribution in [1.29, 1.82) is 5.26 Å². The number of nitrogens with zero attached hydrogens (tertiary/aromatic N) is 3. The first-order chi connectivity index (χ1) is 13.9. The molecule has 30 heavy (non-hydrogen) atoms. The lowest BCUT2D eigenvalue weighted by atomic mass is 10.00. The Morgan fingerprint density at radius 3 is 2.67 bits per heavy atom. The predicted molar refractivity (Wildman–Crippen MR) is 114 cm³/mol. The molecule has 3 aromatic rings. The largest absolute Gasteiger partial charge is 0.495 e. The molecule has 3 rings (SSSR count). The van der Waals surface area contributed by atoms with Crippen molar-refractivity contribution in [3.8, 4) is 22.9 Å². The van der Waals surface area contributed by atoms with Crippen LogP contribution in [0, 0.1) is 11.3 Å². The van der Waals surface area contributed by atoms with E-state index < -0.39 is 17.6 Å². The first kappa shape index (κ1) is 22.9. The van der Waals surface area contributed by atoms with Crippen LogP contribution >= 0.6 is 24.0 Å². The highest BCUT2D eigenvalue weighted by molar-refractivity contribution is 6.31. The summed E-state index contributed by atoms with van der Waals surface area (Å²) in [4.78, 5) is 28.8. The first-order valence-electron chi connectivity index (χ1n) is 8.57. The molecule has 0 saturated carbocycles. The minimum Gasteiger partial charge on any atom is -0.495 e. The van der Waals surface area contributed by atoms with Crippen LogP contribution in [0.3, 0.4) is 0 Å². The van der Waals surface area contributed by atoms with Gasteiger partial charge in [0.05, 0.1) is 24.9 Å². The number of ether oxygens (including phenoxy) is 1. The molecule has 1 aromatic carbocycles. The number of nitriles is 1. The summed E-state index contributed by atoms with van der Waals surface area (Å²) in [6.45, 7) is 0. The number of hydrogen-bond acceptors (Lipinski definition) is 5. The van der Waals surface area contributed by atoms with E-state index in [4.69, 9.17) is 16.3 Å². The fraction of sp³-hybridized carbons (Fsp3) is 0.143. The number of aliphatic carboxylic acids is 1. The number of pyridine rings is 2. The number of methoxy groups -OCH3 is 1. The number of carbonyl (C=O) groups is 1. The van der Waals surface area contributed by atoms with E-state index >= 15 is 0 Å². The van der Waals surface area contributed by atoms with Crippen molar-refractivity contribution in [1.82, 2.24) is 9.55 Å². The maximum absolute atomic E-state index is 12.8. The lowest BCUT2D eigenvalue weighted by Gasteiger charge is -2.18. The van der Waals surface area contributed by atoms with Crippen LogP contribution in [0.4, 0.5) is 0 Å². The Hall–Kier alpha value is -3.34. The summed E-state index contributed by atoms with van der Waals surface area (Å²) in [5, 5.41) is 19.5.